The first-order chi connectivity index (χ1) is 37.2. The van der Waals surface area contributed by atoms with Gasteiger partial charge in [0.05, 0.1) is 0 Å². The molecule has 0 N–H and O–H groups in total. The zero-order valence-electron chi connectivity index (χ0n) is 44.9. The van der Waals surface area contributed by atoms with E-state index in [0.29, 0.717) is 5.92 Å². The molecule has 3 fully saturated rings. The summed E-state index contributed by atoms with van der Waals surface area (Å²) in [5.74, 6) is 3.96. The first-order valence-corrected chi connectivity index (χ1v) is 28.9. The molecule has 1 saturated heterocycles. The summed E-state index contributed by atoms with van der Waals surface area (Å²) < 4.78 is 25.3. The van der Waals surface area contributed by atoms with Crippen LogP contribution in [-0.2, 0) is 31.9 Å². The molecule has 0 bridgehead atoms. The lowest BCUT2D eigenvalue weighted by atomic mass is 9.79. The van der Waals surface area contributed by atoms with Gasteiger partial charge in [-0.1, -0.05) is 12.2 Å². The zero-order chi connectivity index (χ0) is 51.6. The molecule has 2 aromatic heterocycles. The predicted octanol–water partition coefficient (Wildman–Crippen LogP) is 13.4. The number of rotatable bonds is 10. The molecule has 8 heterocycles. The van der Waals surface area contributed by atoms with E-state index in [1.807, 2.05) is 30.4 Å². The van der Waals surface area contributed by atoms with Gasteiger partial charge in [-0.05, 0) is 200 Å². The number of carbonyl (C=O) groups excluding carboxylic acids is 2. The third kappa shape index (κ3) is 8.93. The molecule has 4 atom stereocenters. The molecule has 392 valence electrons. The van der Waals surface area contributed by atoms with Crippen molar-refractivity contribution in [2.24, 2.45) is 11.8 Å². The van der Waals surface area contributed by atoms with E-state index in [2.05, 4.69) is 114 Å². The minimum atomic E-state index is 0.000692. The Hall–Kier alpha value is -6.94. The number of ketones is 2. The van der Waals surface area contributed by atoms with Gasteiger partial charge in [0, 0.05) is 132 Å². The highest BCUT2D eigenvalue weighted by Crippen LogP contribution is 2.47. The number of benzene rings is 2. The normalized spacial score (nSPS) is 26.3. The summed E-state index contributed by atoms with van der Waals surface area (Å²) in [4.78, 5) is 36.4. The Kier molecular flexibility index (Phi) is 12.9. The smallest absolute Gasteiger partial charge is 0.185 e. The molecule has 10 nitrogen and oxygen atoms in total. The molecule has 6 aliphatic heterocycles. The molecule has 0 spiro atoms. The summed E-state index contributed by atoms with van der Waals surface area (Å²) in [7, 11) is 0. The van der Waals surface area contributed by atoms with Crippen LogP contribution >= 0.6 is 0 Å². The number of hydrogen-bond acceptors (Lipinski definition) is 10. The second kappa shape index (κ2) is 20.2. The van der Waals surface area contributed by atoms with Crippen LogP contribution in [0.5, 0.6) is 0 Å². The third-order valence-electron chi connectivity index (χ3n) is 17.8. The van der Waals surface area contributed by atoms with E-state index in [9.17, 15) is 9.59 Å². The summed E-state index contributed by atoms with van der Waals surface area (Å²) in [6.07, 6.45) is 33.8. The predicted molar refractivity (Wildman–Crippen MR) is 304 cm³/mol. The maximum atomic E-state index is 13.5. The Balaban J connectivity index is 0.000000147. The SMILES string of the molecule is CCN(CC)C1=CC2OC(C=C3CCC(=Cc4cc5ccc(N(CC)CC)cc5o4)C3=O)=CC2C=C1.O=C1C(=CC2=CC3C=C4CCCN5CCCC(=C45)C3O2)CCC1=Cc1cc2cc3c4c(c2o1)CCCN4CCC3. The molecule has 4 aliphatic carbocycles. The first-order valence-electron chi connectivity index (χ1n) is 28.9. The lowest BCUT2D eigenvalue weighted by Crippen LogP contribution is -2.39. The maximum absolute atomic E-state index is 13.5. The molecule has 0 radical (unpaired) electrons. The van der Waals surface area contributed by atoms with Gasteiger partial charge in [-0.25, -0.2) is 0 Å². The molecule has 10 aliphatic rings. The van der Waals surface area contributed by atoms with Gasteiger partial charge in [-0.2, -0.15) is 0 Å². The maximum Gasteiger partial charge on any atom is 0.185 e. The first kappa shape index (κ1) is 48.7. The number of allylic oxidation sites excluding steroid dienone is 8. The number of carbonyl (C=O) groups is 2. The number of furan rings is 2. The van der Waals surface area contributed by atoms with E-state index in [4.69, 9.17) is 18.3 Å². The Labute approximate surface area is 447 Å². The second-order valence-electron chi connectivity index (χ2n) is 22.3. The van der Waals surface area contributed by atoms with Crippen molar-refractivity contribution >= 4 is 57.0 Å². The molecule has 4 unspecified atom stereocenters. The number of anilines is 2. The van der Waals surface area contributed by atoms with E-state index in [0.717, 1.165) is 152 Å². The average molecular weight is 1020 g/mol. The molecular weight excluding hydrogens is 945 g/mol. The Bertz CT molecular complexity index is 3370. The van der Waals surface area contributed by atoms with Crippen molar-refractivity contribution in [3.8, 4) is 0 Å². The zero-order valence-corrected chi connectivity index (χ0v) is 44.9. The van der Waals surface area contributed by atoms with Crippen LogP contribution in [0.3, 0.4) is 0 Å². The van der Waals surface area contributed by atoms with E-state index in [-0.39, 0.29) is 29.7 Å². The fourth-order valence-corrected chi connectivity index (χ4v) is 14.0. The average Bonchev–Trinajstić information content (AvgIpc) is 4.38. The third-order valence-corrected chi connectivity index (χ3v) is 17.8. The van der Waals surface area contributed by atoms with Crippen LogP contribution in [0, 0.1) is 11.8 Å². The topological polar surface area (TPSA) is 91.8 Å². The molecule has 76 heavy (non-hydrogen) atoms. The minimum absolute atomic E-state index is 0.000692. The van der Waals surface area contributed by atoms with Crippen molar-refractivity contribution < 1.29 is 27.9 Å². The quantitative estimate of drug-likeness (QED) is 0.143. The van der Waals surface area contributed by atoms with Crippen molar-refractivity contribution in [1.82, 2.24) is 9.80 Å². The van der Waals surface area contributed by atoms with Gasteiger partial charge in [-0.15, -0.1) is 0 Å². The van der Waals surface area contributed by atoms with E-state index < -0.39 is 0 Å². The van der Waals surface area contributed by atoms with Crippen LogP contribution in [-0.4, -0.2) is 85.9 Å². The number of ether oxygens (including phenoxy) is 2. The summed E-state index contributed by atoms with van der Waals surface area (Å²) in [5, 5.41) is 2.24. The fraction of sp³-hybridized carbons (Fsp3) is 0.424. The van der Waals surface area contributed by atoms with Gasteiger partial charge in [0.15, 0.2) is 11.6 Å². The summed E-state index contributed by atoms with van der Waals surface area (Å²) >= 11 is 0. The van der Waals surface area contributed by atoms with Crippen molar-refractivity contribution in [2.75, 3.05) is 62.2 Å². The second-order valence-corrected chi connectivity index (χ2v) is 22.3. The summed E-state index contributed by atoms with van der Waals surface area (Å²) in [5.41, 5.74) is 16.3. The number of fused-ring (bicyclic) bond motifs is 6. The molecule has 14 rings (SSSR count). The van der Waals surface area contributed by atoms with E-state index >= 15 is 0 Å². The molecular formula is C66H72N4O6. The van der Waals surface area contributed by atoms with Crippen LogP contribution in [0.2, 0.25) is 0 Å². The number of aryl methyl sites for hydroxylation is 2. The van der Waals surface area contributed by atoms with Crippen LogP contribution in [0.1, 0.15) is 115 Å². The monoisotopic (exact) mass is 1020 g/mol. The molecule has 10 heteroatoms. The molecule has 0 amide bonds. The number of piperidine rings is 1. The fourth-order valence-electron chi connectivity index (χ4n) is 14.0. The standard InChI is InChI=1S/C35H36N2O3.C31H36N2O3/c38-33-23(17-27-19-25-15-21-5-1-11-36-13-3-7-29(31(21)36)34(25)39-27)9-10-24(33)18-28-20-26-16-22-6-2-12-37-14-4-8-30(32(22)37)35(26)40-28;1-5-32(6-2)25-13-11-21-15-27(35-29(21)19-25)17-23-9-10-24(31(23)34)18-28-16-22-12-14-26(20-30(22)36-28)33(7-3)8-4/h15-20,25,34H,1-14H2;11-21,29H,5-10H2,1-4H3. The van der Waals surface area contributed by atoms with Gasteiger partial charge in [0.2, 0.25) is 0 Å². The lowest BCUT2D eigenvalue weighted by Gasteiger charge is -2.43. The van der Waals surface area contributed by atoms with Crippen molar-refractivity contribution in [1.29, 1.82) is 0 Å². The molecule has 4 aromatic rings. The highest BCUT2D eigenvalue weighted by atomic mass is 16.5. The van der Waals surface area contributed by atoms with Crippen molar-refractivity contribution in [3.63, 3.8) is 0 Å². The number of nitrogens with zero attached hydrogens (tertiary/aromatic N) is 4. The Morgan fingerprint density at radius 2 is 1.22 bits per heavy atom. The molecule has 2 saturated carbocycles. The number of Topliss-reactive ketones (excluding diaryl/α,β-unsaturated/α-hetero) is 2. The Morgan fingerprint density at radius 1 is 0.592 bits per heavy atom. The number of likely N-dealkylation sites (N-methyl/N-ethyl adjacent to an activating group) is 1. The lowest BCUT2D eigenvalue weighted by molar-refractivity contribution is -0.112. The summed E-state index contributed by atoms with van der Waals surface area (Å²) in [6.45, 7) is 17.2. The van der Waals surface area contributed by atoms with Gasteiger partial charge in [-0.3, -0.25) is 9.59 Å². The highest BCUT2D eigenvalue weighted by Gasteiger charge is 2.41. The van der Waals surface area contributed by atoms with Crippen molar-refractivity contribution in [3.05, 3.63) is 164 Å². The van der Waals surface area contributed by atoms with E-state index in [1.165, 1.54) is 89.9 Å². The van der Waals surface area contributed by atoms with Gasteiger partial charge in [0.25, 0.3) is 0 Å². The van der Waals surface area contributed by atoms with E-state index in [1.54, 1.807) is 0 Å². The highest BCUT2D eigenvalue weighted by molar-refractivity contribution is 6.14. The van der Waals surface area contributed by atoms with Crippen LogP contribution in [0.25, 0.3) is 34.1 Å². The van der Waals surface area contributed by atoms with Gasteiger partial charge < -0.3 is 37.9 Å². The largest absolute Gasteiger partial charge is 0.486 e. The van der Waals surface area contributed by atoms with Crippen LogP contribution < -0.4 is 9.80 Å². The van der Waals surface area contributed by atoms with Crippen molar-refractivity contribution in [2.45, 2.75) is 117 Å². The minimum Gasteiger partial charge on any atom is -0.486 e. The Morgan fingerprint density at radius 3 is 1.96 bits per heavy atom. The van der Waals surface area contributed by atoms with Gasteiger partial charge in [0.1, 0.15) is 46.4 Å². The summed E-state index contributed by atoms with van der Waals surface area (Å²) in [6, 6.07) is 12.8. The van der Waals surface area contributed by atoms with Gasteiger partial charge >= 0.3 is 0 Å². The van der Waals surface area contributed by atoms with Crippen LogP contribution in [0.4, 0.5) is 11.4 Å². The van der Waals surface area contributed by atoms with Crippen LogP contribution in [0.15, 0.2) is 150 Å². The molecule has 2 aromatic carbocycles. The number of hydrogen-bond donors (Lipinski definition) is 0.